The molecule has 1 atom stereocenters. The standard InChI is InChI=1S/C22H23N3O2/c1-14-10-11-17-13-18(15(2)23-19(17)12-14)21(26)24-20(22(27)25(3)4)16-8-6-5-7-9-16/h5-13,20H,1-4H3,(H,24,26)/t20-/m0/s1. The van der Waals surface area contributed by atoms with Gasteiger partial charge in [-0.3, -0.25) is 14.6 Å². The third kappa shape index (κ3) is 3.97. The van der Waals surface area contributed by atoms with E-state index in [4.69, 9.17) is 0 Å². The number of hydrogen-bond acceptors (Lipinski definition) is 3. The fraction of sp³-hybridized carbons (Fsp3) is 0.227. The molecule has 2 amide bonds. The topological polar surface area (TPSA) is 62.3 Å². The number of benzene rings is 2. The number of carbonyl (C=O) groups excluding carboxylic acids is 2. The Bertz CT molecular complexity index is 997. The molecule has 0 spiro atoms. The van der Waals surface area contributed by atoms with E-state index in [0.717, 1.165) is 22.0 Å². The van der Waals surface area contributed by atoms with Gasteiger partial charge in [-0.2, -0.15) is 0 Å². The first-order valence-electron chi connectivity index (χ1n) is 8.82. The molecule has 1 heterocycles. The van der Waals surface area contributed by atoms with Gasteiger partial charge < -0.3 is 10.2 Å². The summed E-state index contributed by atoms with van der Waals surface area (Å²) in [5, 5.41) is 3.77. The minimum absolute atomic E-state index is 0.184. The molecule has 138 valence electrons. The zero-order valence-electron chi connectivity index (χ0n) is 16.0. The highest BCUT2D eigenvalue weighted by atomic mass is 16.2. The largest absolute Gasteiger partial charge is 0.347 e. The van der Waals surface area contributed by atoms with E-state index in [2.05, 4.69) is 10.3 Å². The Morgan fingerprint density at radius 2 is 1.70 bits per heavy atom. The second-order valence-corrected chi connectivity index (χ2v) is 6.87. The molecule has 0 saturated heterocycles. The third-order valence-electron chi connectivity index (χ3n) is 4.50. The molecular formula is C22H23N3O2. The van der Waals surface area contributed by atoms with Crippen molar-refractivity contribution in [2.75, 3.05) is 14.1 Å². The van der Waals surface area contributed by atoms with Crippen LogP contribution in [0.3, 0.4) is 0 Å². The van der Waals surface area contributed by atoms with Crippen molar-refractivity contribution in [1.29, 1.82) is 0 Å². The fourth-order valence-electron chi connectivity index (χ4n) is 3.00. The maximum absolute atomic E-state index is 13.0. The van der Waals surface area contributed by atoms with E-state index in [0.29, 0.717) is 11.3 Å². The molecule has 3 rings (SSSR count). The average Bonchev–Trinajstić information content (AvgIpc) is 2.65. The summed E-state index contributed by atoms with van der Waals surface area (Å²) < 4.78 is 0. The average molecular weight is 361 g/mol. The van der Waals surface area contributed by atoms with Gasteiger partial charge in [-0.05, 0) is 37.1 Å². The lowest BCUT2D eigenvalue weighted by Crippen LogP contribution is -2.40. The molecule has 27 heavy (non-hydrogen) atoms. The van der Waals surface area contributed by atoms with Crippen LogP contribution in [0.5, 0.6) is 0 Å². The maximum Gasteiger partial charge on any atom is 0.254 e. The van der Waals surface area contributed by atoms with E-state index in [1.165, 1.54) is 4.90 Å². The monoisotopic (exact) mass is 361 g/mol. The molecular weight excluding hydrogens is 338 g/mol. The van der Waals surface area contributed by atoms with Crippen LogP contribution in [0, 0.1) is 13.8 Å². The zero-order valence-corrected chi connectivity index (χ0v) is 16.0. The number of rotatable bonds is 4. The zero-order chi connectivity index (χ0) is 19.6. The molecule has 1 aromatic heterocycles. The molecule has 0 bridgehead atoms. The minimum Gasteiger partial charge on any atom is -0.347 e. The summed E-state index contributed by atoms with van der Waals surface area (Å²) in [5.74, 6) is -0.497. The lowest BCUT2D eigenvalue weighted by molar-refractivity contribution is -0.130. The van der Waals surface area contributed by atoms with Gasteiger partial charge in [-0.25, -0.2) is 0 Å². The Balaban J connectivity index is 1.96. The molecule has 0 fully saturated rings. The van der Waals surface area contributed by atoms with Gasteiger partial charge >= 0.3 is 0 Å². The summed E-state index contributed by atoms with van der Waals surface area (Å²) in [6, 6.07) is 16.3. The highest BCUT2D eigenvalue weighted by Gasteiger charge is 2.25. The molecule has 0 saturated carbocycles. The van der Waals surface area contributed by atoms with Crippen molar-refractivity contribution >= 4 is 22.7 Å². The van der Waals surface area contributed by atoms with Crippen LogP contribution in [0.2, 0.25) is 0 Å². The molecule has 2 aromatic carbocycles. The summed E-state index contributed by atoms with van der Waals surface area (Å²) in [6.45, 7) is 3.82. The van der Waals surface area contributed by atoms with Gasteiger partial charge in [0.2, 0.25) is 5.91 Å². The highest BCUT2D eigenvalue weighted by molar-refractivity contribution is 6.01. The Hall–Kier alpha value is -3.21. The van der Waals surface area contributed by atoms with Crippen LogP contribution in [0.1, 0.15) is 33.2 Å². The van der Waals surface area contributed by atoms with Gasteiger partial charge in [0.05, 0.1) is 16.8 Å². The predicted octanol–water partition coefficient (Wildman–Crippen LogP) is 3.41. The SMILES string of the molecule is Cc1ccc2cc(C(=O)N[C@H](C(=O)N(C)C)c3ccccc3)c(C)nc2c1. The Morgan fingerprint density at radius 1 is 1.00 bits per heavy atom. The van der Waals surface area contributed by atoms with E-state index >= 15 is 0 Å². The molecule has 0 unspecified atom stereocenters. The Kier molecular flexibility index (Phi) is 5.21. The Labute approximate surface area is 159 Å². The van der Waals surface area contributed by atoms with Crippen LogP contribution in [0.15, 0.2) is 54.6 Å². The van der Waals surface area contributed by atoms with Crippen LogP contribution in [0.4, 0.5) is 0 Å². The number of hydrogen-bond donors (Lipinski definition) is 1. The quantitative estimate of drug-likeness (QED) is 0.775. The first-order chi connectivity index (χ1) is 12.9. The lowest BCUT2D eigenvalue weighted by atomic mass is 10.0. The van der Waals surface area contributed by atoms with Crippen LogP contribution in [0.25, 0.3) is 10.9 Å². The van der Waals surface area contributed by atoms with Crippen molar-refractivity contribution in [3.63, 3.8) is 0 Å². The number of aromatic nitrogens is 1. The number of carbonyl (C=O) groups is 2. The summed E-state index contributed by atoms with van der Waals surface area (Å²) >= 11 is 0. The normalized spacial score (nSPS) is 11.9. The van der Waals surface area contributed by atoms with Gasteiger partial charge in [0.1, 0.15) is 6.04 Å². The van der Waals surface area contributed by atoms with Crippen molar-refractivity contribution in [3.8, 4) is 0 Å². The van der Waals surface area contributed by atoms with E-state index in [1.807, 2.05) is 68.4 Å². The van der Waals surface area contributed by atoms with Gasteiger partial charge in [-0.1, -0.05) is 42.5 Å². The van der Waals surface area contributed by atoms with Gasteiger partial charge in [0.15, 0.2) is 0 Å². The number of pyridine rings is 1. The first kappa shape index (κ1) is 18.6. The van der Waals surface area contributed by atoms with Crippen LogP contribution in [-0.4, -0.2) is 35.8 Å². The van der Waals surface area contributed by atoms with E-state index in [9.17, 15) is 9.59 Å². The van der Waals surface area contributed by atoms with Crippen molar-refractivity contribution in [2.24, 2.45) is 0 Å². The predicted molar refractivity (Wildman–Crippen MR) is 107 cm³/mol. The number of nitrogens with one attached hydrogen (secondary N) is 1. The number of likely N-dealkylation sites (N-methyl/N-ethyl adjacent to an activating group) is 1. The molecule has 5 nitrogen and oxygen atoms in total. The molecule has 0 radical (unpaired) electrons. The van der Waals surface area contributed by atoms with Gasteiger partial charge in [0.25, 0.3) is 5.91 Å². The second kappa shape index (κ2) is 7.58. The smallest absolute Gasteiger partial charge is 0.254 e. The first-order valence-corrected chi connectivity index (χ1v) is 8.82. The van der Waals surface area contributed by atoms with Crippen LogP contribution < -0.4 is 5.32 Å². The summed E-state index contributed by atoms with van der Waals surface area (Å²) in [7, 11) is 3.35. The van der Waals surface area contributed by atoms with Gasteiger partial charge in [-0.15, -0.1) is 0 Å². The molecule has 5 heteroatoms. The fourth-order valence-corrected chi connectivity index (χ4v) is 3.00. The minimum atomic E-state index is -0.748. The summed E-state index contributed by atoms with van der Waals surface area (Å²) in [4.78, 5) is 31.6. The highest BCUT2D eigenvalue weighted by Crippen LogP contribution is 2.20. The molecule has 1 N–H and O–H groups in total. The van der Waals surface area contributed by atoms with E-state index in [-0.39, 0.29) is 11.8 Å². The van der Waals surface area contributed by atoms with Crippen molar-refractivity contribution in [1.82, 2.24) is 15.2 Å². The van der Waals surface area contributed by atoms with E-state index in [1.54, 1.807) is 14.1 Å². The molecule has 0 aliphatic carbocycles. The van der Waals surface area contributed by atoms with Crippen molar-refractivity contribution in [2.45, 2.75) is 19.9 Å². The molecule has 3 aromatic rings. The number of aryl methyl sites for hydroxylation is 2. The van der Waals surface area contributed by atoms with Crippen molar-refractivity contribution < 1.29 is 9.59 Å². The van der Waals surface area contributed by atoms with E-state index < -0.39 is 6.04 Å². The summed E-state index contributed by atoms with van der Waals surface area (Å²) in [5.41, 5.74) is 3.82. The van der Waals surface area contributed by atoms with Crippen molar-refractivity contribution in [3.05, 3.63) is 77.0 Å². The van der Waals surface area contributed by atoms with Crippen LogP contribution >= 0.6 is 0 Å². The second-order valence-electron chi connectivity index (χ2n) is 6.87. The van der Waals surface area contributed by atoms with Crippen LogP contribution in [-0.2, 0) is 4.79 Å². The molecule has 0 aliphatic heterocycles. The molecule has 0 aliphatic rings. The number of amides is 2. The Morgan fingerprint density at radius 3 is 2.37 bits per heavy atom. The maximum atomic E-state index is 13.0. The van der Waals surface area contributed by atoms with Gasteiger partial charge in [0, 0.05) is 19.5 Å². The third-order valence-corrected chi connectivity index (χ3v) is 4.50. The number of nitrogens with zero attached hydrogens (tertiary/aromatic N) is 2. The lowest BCUT2D eigenvalue weighted by Gasteiger charge is -2.22. The number of fused-ring (bicyclic) bond motifs is 1. The summed E-state index contributed by atoms with van der Waals surface area (Å²) in [6.07, 6.45) is 0.